The Morgan fingerprint density at radius 2 is 1.86 bits per heavy atom. The summed E-state index contributed by atoms with van der Waals surface area (Å²) in [7, 11) is 0. The lowest BCUT2D eigenvalue weighted by Gasteiger charge is -2.40. The fourth-order valence-corrected chi connectivity index (χ4v) is 4.76. The number of carbonyl (C=O) groups is 1. The van der Waals surface area contributed by atoms with Crippen LogP contribution >= 0.6 is 0 Å². The van der Waals surface area contributed by atoms with E-state index < -0.39 is 11.5 Å². The molecule has 0 saturated carbocycles. The molecule has 1 atom stereocenters. The van der Waals surface area contributed by atoms with Crippen LogP contribution in [0.1, 0.15) is 51.0 Å². The number of piperidine rings is 1. The van der Waals surface area contributed by atoms with Gasteiger partial charge in [-0.05, 0) is 49.9 Å². The zero-order chi connectivity index (χ0) is 20.7. The quantitative estimate of drug-likeness (QED) is 0.617. The van der Waals surface area contributed by atoms with Crippen molar-refractivity contribution in [1.82, 2.24) is 4.90 Å². The number of hydrogen-bond acceptors (Lipinski definition) is 5. The summed E-state index contributed by atoms with van der Waals surface area (Å²) in [5.74, 6) is -0.771. The number of carboxylic acid groups (broad SMARTS) is 1. The van der Waals surface area contributed by atoms with E-state index >= 15 is 0 Å². The largest absolute Gasteiger partial charge is 0.480 e. The molecule has 3 N–H and O–H groups in total. The Labute approximate surface area is 175 Å². The predicted molar refractivity (Wildman–Crippen MR) is 116 cm³/mol. The summed E-state index contributed by atoms with van der Waals surface area (Å²) in [4.78, 5) is 16.8. The van der Waals surface area contributed by atoms with Crippen molar-refractivity contribution >= 4 is 11.7 Å². The van der Waals surface area contributed by atoms with Crippen LogP contribution in [0.5, 0.6) is 0 Å². The molecule has 162 valence electrons. The maximum Gasteiger partial charge on any atom is 0.323 e. The molecule has 6 nitrogen and oxygen atoms in total. The zero-order valence-electron chi connectivity index (χ0n) is 17.8. The lowest BCUT2D eigenvalue weighted by molar-refractivity contribution is -0.147. The van der Waals surface area contributed by atoms with Gasteiger partial charge in [0.15, 0.2) is 0 Å². The molecule has 29 heavy (non-hydrogen) atoms. The van der Waals surface area contributed by atoms with Gasteiger partial charge in [0.2, 0.25) is 0 Å². The second-order valence-electron chi connectivity index (χ2n) is 8.58. The average molecular weight is 404 g/mol. The van der Waals surface area contributed by atoms with E-state index in [1.165, 1.54) is 11.3 Å². The van der Waals surface area contributed by atoms with Crippen LogP contribution in [0.25, 0.3) is 0 Å². The molecular formula is C23H37N3O3. The average Bonchev–Trinajstić information content (AvgIpc) is 2.75. The van der Waals surface area contributed by atoms with Crippen molar-refractivity contribution < 1.29 is 14.6 Å². The number of likely N-dealkylation sites (tertiary alicyclic amines) is 1. The number of morpholine rings is 1. The van der Waals surface area contributed by atoms with Gasteiger partial charge >= 0.3 is 5.97 Å². The van der Waals surface area contributed by atoms with Gasteiger partial charge < -0.3 is 20.5 Å². The standard InChI is InChI=1S/C23H37N3O3/c1-2-3-6-11-23(24,22(27)28)20-9-12-25(13-10-20)18-19-7-4-5-8-21(19)26-14-16-29-17-15-26/h4-5,7-8,20H,2-3,6,9-18,24H2,1H3,(H,27,28). The summed E-state index contributed by atoms with van der Waals surface area (Å²) >= 11 is 0. The molecule has 2 aliphatic rings. The summed E-state index contributed by atoms with van der Waals surface area (Å²) in [5, 5.41) is 9.81. The molecule has 2 fully saturated rings. The molecule has 1 aromatic rings. The van der Waals surface area contributed by atoms with Crippen LogP contribution in [-0.4, -0.2) is 60.9 Å². The number of ether oxygens (including phenoxy) is 1. The van der Waals surface area contributed by atoms with Gasteiger partial charge in [-0.3, -0.25) is 9.69 Å². The Bertz CT molecular complexity index is 655. The maximum absolute atomic E-state index is 12.0. The first-order valence-electron chi connectivity index (χ1n) is 11.2. The van der Waals surface area contributed by atoms with E-state index in [9.17, 15) is 9.90 Å². The van der Waals surface area contributed by atoms with E-state index in [-0.39, 0.29) is 5.92 Å². The topological polar surface area (TPSA) is 79.0 Å². The van der Waals surface area contributed by atoms with Gasteiger partial charge in [-0.2, -0.15) is 0 Å². The molecule has 0 aliphatic carbocycles. The third kappa shape index (κ3) is 5.50. The van der Waals surface area contributed by atoms with Gasteiger partial charge in [0, 0.05) is 25.3 Å². The van der Waals surface area contributed by atoms with Gasteiger partial charge in [0.1, 0.15) is 5.54 Å². The van der Waals surface area contributed by atoms with Crippen LogP contribution in [0.15, 0.2) is 24.3 Å². The summed E-state index contributed by atoms with van der Waals surface area (Å²) in [6, 6.07) is 8.63. The number of nitrogens with two attached hydrogens (primary N) is 1. The lowest BCUT2D eigenvalue weighted by atomic mass is 9.75. The number of benzene rings is 1. The zero-order valence-corrected chi connectivity index (χ0v) is 17.8. The Hall–Kier alpha value is -1.63. The SMILES string of the molecule is CCCCCC(N)(C(=O)O)C1CCN(Cc2ccccc2N2CCOCC2)CC1. The van der Waals surface area contributed by atoms with E-state index in [0.29, 0.717) is 6.42 Å². The van der Waals surface area contributed by atoms with Crippen LogP contribution < -0.4 is 10.6 Å². The Morgan fingerprint density at radius 3 is 2.52 bits per heavy atom. The summed E-state index contributed by atoms with van der Waals surface area (Å²) in [6.45, 7) is 8.28. The monoisotopic (exact) mass is 403 g/mol. The van der Waals surface area contributed by atoms with E-state index in [0.717, 1.165) is 78.0 Å². The summed E-state index contributed by atoms with van der Waals surface area (Å²) < 4.78 is 5.50. The van der Waals surface area contributed by atoms with Crippen LogP contribution in [0.3, 0.4) is 0 Å². The molecule has 0 amide bonds. The molecule has 2 aliphatic heterocycles. The van der Waals surface area contributed by atoms with E-state index in [2.05, 4.69) is 41.0 Å². The van der Waals surface area contributed by atoms with Crippen molar-refractivity contribution in [2.75, 3.05) is 44.3 Å². The van der Waals surface area contributed by atoms with Crippen molar-refractivity contribution in [3.05, 3.63) is 29.8 Å². The van der Waals surface area contributed by atoms with E-state index in [1.54, 1.807) is 0 Å². The number of nitrogens with zero attached hydrogens (tertiary/aromatic N) is 2. The molecule has 0 spiro atoms. The third-order valence-electron chi connectivity index (χ3n) is 6.65. The molecule has 1 aromatic carbocycles. The maximum atomic E-state index is 12.0. The van der Waals surface area contributed by atoms with Gasteiger partial charge in [0.05, 0.1) is 13.2 Å². The van der Waals surface area contributed by atoms with Gasteiger partial charge in [-0.25, -0.2) is 0 Å². The minimum atomic E-state index is -1.08. The Balaban J connectivity index is 1.59. The molecule has 2 heterocycles. The highest BCUT2D eigenvalue weighted by atomic mass is 16.5. The number of carboxylic acids is 1. The molecule has 2 saturated heterocycles. The molecule has 1 unspecified atom stereocenters. The number of unbranched alkanes of at least 4 members (excludes halogenated alkanes) is 2. The Morgan fingerprint density at radius 1 is 1.17 bits per heavy atom. The van der Waals surface area contributed by atoms with Crippen LogP contribution in [-0.2, 0) is 16.1 Å². The van der Waals surface area contributed by atoms with Gasteiger partial charge in [-0.15, -0.1) is 0 Å². The number of aliphatic carboxylic acids is 1. The highest BCUT2D eigenvalue weighted by Gasteiger charge is 2.42. The molecular weight excluding hydrogens is 366 g/mol. The first kappa shape index (κ1) is 22.1. The van der Waals surface area contributed by atoms with E-state index in [4.69, 9.17) is 10.5 Å². The highest BCUT2D eigenvalue weighted by Crippen LogP contribution is 2.32. The fraction of sp³-hybridized carbons (Fsp3) is 0.696. The van der Waals surface area contributed by atoms with Crippen LogP contribution in [0.4, 0.5) is 5.69 Å². The highest BCUT2D eigenvalue weighted by molar-refractivity contribution is 5.79. The number of anilines is 1. The van der Waals surface area contributed by atoms with Crippen molar-refractivity contribution in [2.24, 2.45) is 11.7 Å². The predicted octanol–water partition coefficient (Wildman–Crippen LogP) is 3.10. The number of hydrogen-bond donors (Lipinski definition) is 2. The molecule has 0 aromatic heterocycles. The summed E-state index contributed by atoms with van der Waals surface area (Å²) in [5.41, 5.74) is 8.01. The molecule has 3 rings (SSSR count). The van der Waals surface area contributed by atoms with Gasteiger partial charge in [0.25, 0.3) is 0 Å². The molecule has 6 heteroatoms. The summed E-state index contributed by atoms with van der Waals surface area (Å²) in [6.07, 6.45) is 5.32. The second kappa shape index (κ2) is 10.4. The first-order valence-corrected chi connectivity index (χ1v) is 11.2. The second-order valence-corrected chi connectivity index (χ2v) is 8.58. The fourth-order valence-electron chi connectivity index (χ4n) is 4.76. The third-order valence-corrected chi connectivity index (χ3v) is 6.65. The van der Waals surface area contributed by atoms with Crippen molar-refractivity contribution in [3.63, 3.8) is 0 Å². The van der Waals surface area contributed by atoms with Crippen LogP contribution in [0.2, 0.25) is 0 Å². The number of para-hydroxylation sites is 1. The smallest absolute Gasteiger partial charge is 0.323 e. The molecule has 0 radical (unpaired) electrons. The van der Waals surface area contributed by atoms with E-state index in [1.807, 2.05) is 0 Å². The van der Waals surface area contributed by atoms with Crippen molar-refractivity contribution in [3.8, 4) is 0 Å². The minimum Gasteiger partial charge on any atom is -0.480 e. The minimum absolute atomic E-state index is 0.0580. The van der Waals surface area contributed by atoms with Crippen molar-refractivity contribution in [1.29, 1.82) is 0 Å². The number of rotatable bonds is 9. The van der Waals surface area contributed by atoms with Crippen molar-refractivity contribution in [2.45, 2.75) is 57.5 Å². The first-order chi connectivity index (χ1) is 14.0. The van der Waals surface area contributed by atoms with Crippen LogP contribution in [0, 0.1) is 5.92 Å². The Kier molecular flexibility index (Phi) is 7.92. The normalized spacial score (nSPS) is 21.1. The van der Waals surface area contributed by atoms with Gasteiger partial charge in [-0.1, -0.05) is 44.4 Å². The molecule has 0 bridgehead atoms. The lowest BCUT2D eigenvalue weighted by Crippen LogP contribution is -2.56.